The second-order valence-electron chi connectivity index (χ2n) is 4.64. The molecule has 0 aliphatic heterocycles. The van der Waals surface area contributed by atoms with Crippen LogP contribution in [0.25, 0.3) is 0 Å². The van der Waals surface area contributed by atoms with Gasteiger partial charge in [-0.25, -0.2) is 4.98 Å². The Morgan fingerprint density at radius 1 is 1.42 bits per heavy atom. The van der Waals surface area contributed by atoms with Gasteiger partial charge in [-0.3, -0.25) is 0 Å². The van der Waals surface area contributed by atoms with Crippen molar-refractivity contribution in [3.8, 4) is 0 Å². The molecule has 19 heavy (non-hydrogen) atoms. The van der Waals surface area contributed by atoms with E-state index in [0.717, 1.165) is 36.6 Å². The minimum atomic E-state index is 0.423. The van der Waals surface area contributed by atoms with Crippen LogP contribution in [0, 0.1) is 0 Å². The molecule has 0 fully saturated rings. The Hall–Kier alpha value is -0.900. The minimum absolute atomic E-state index is 0.423. The van der Waals surface area contributed by atoms with Gasteiger partial charge in [0.1, 0.15) is 0 Å². The molecule has 0 saturated heterocycles. The molecule has 1 aromatic heterocycles. The molecule has 102 valence electrons. The summed E-state index contributed by atoms with van der Waals surface area (Å²) >= 11 is 7.75. The Labute approximate surface area is 123 Å². The first-order valence-electron chi connectivity index (χ1n) is 6.63. The molecule has 2 aromatic rings. The predicted octanol–water partition coefficient (Wildman–Crippen LogP) is 4.12. The molecule has 4 heteroatoms. The molecule has 2 rings (SSSR count). The fourth-order valence-corrected chi connectivity index (χ4v) is 2.88. The van der Waals surface area contributed by atoms with Crippen molar-refractivity contribution in [2.45, 2.75) is 25.7 Å². The van der Waals surface area contributed by atoms with Crippen LogP contribution >= 0.6 is 22.9 Å². The van der Waals surface area contributed by atoms with Crippen LogP contribution in [0.1, 0.15) is 30.5 Å². The van der Waals surface area contributed by atoms with Gasteiger partial charge in [-0.1, -0.05) is 30.7 Å². The molecule has 0 aliphatic rings. The van der Waals surface area contributed by atoms with Crippen LogP contribution < -0.4 is 5.32 Å². The third kappa shape index (κ3) is 4.60. The number of rotatable bonds is 7. The number of halogens is 1. The maximum Gasteiger partial charge on any atom is 0.0794 e. The molecule has 1 N–H and O–H groups in total. The van der Waals surface area contributed by atoms with Gasteiger partial charge in [0.05, 0.1) is 11.2 Å². The molecule has 0 spiro atoms. The Balaban J connectivity index is 2.08. The molecule has 0 radical (unpaired) electrons. The third-order valence-electron chi connectivity index (χ3n) is 3.08. The maximum atomic E-state index is 6.10. The van der Waals surface area contributed by atoms with Gasteiger partial charge in [0, 0.05) is 22.9 Å². The van der Waals surface area contributed by atoms with E-state index in [1.807, 2.05) is 17.6 Å². The SMILES string of the molecule is CCCNCC(Cc1cscn1)c1cccc(Cl)c1. The fraction of sp³-hybridized carbons (Fsp3) is 0.400. The first-order chi connectivity index (χ1) is 9.29. The molecule has 0 aliphatic carbocycles. The van der Waals surface area contributed by atoms with Crippen LogP contribution in [0.4, 0.5) is 0 Å². The van der Waals surface area contributed by atoms with E-state index < -0.39 is 0 Å². The molecule has 1 heterocycles. The Morgan fingerprint density at radius 3 is 3.00 bits per heavy atom. The highest BCUT2D eigenvalue weighted by molar-refractivity contribution is 7.07. The standard InChI is InChI=1S/C15H19ClN2S/c1-2-6-17-9-13(8-15-10-19-11-18-15)12-4-3-5-14(16)7-12/h3-5,7,10-11,13,17H,2,6,8-9H2,1H3. The summed E-state index contributed by atoms with van der Waals surface area (Å²) in [4.78, 5) is 4.39. The van der Waals surface area contributed by atoms with Gasteiger partial charge in [-0.2, -0.15) is 0 Å². The van der Waals surface area contributed by atoms with Crippen LogP contribution in [0.3, 0.4) is 0 Å². The average molecular weight is 295 g/mol. The van der Waals surface area contributed by atoms with Crippen molar-refractivity contribution in [3.63, 3.8) is 0 Å². The first kappa shape index (κ1) is 14.5. The molecule has 1 atom stereocenters. The Morgan fingerprint density at radius 2 is 2.32 bits per heavy atom. The predicted molar refractivity (Wildman–Crippen MR) is 83.2 cm³/mol. The zero-order chi connectivity index (χ0) is 13.5. The lowest BCUT2D eigenvalue weighted by Crippen LogP contribution is -2.23. The molecular weight excluding hydrogens is 276 g/mol. The summed E-state index contributed by atoms with van der Waals surface area (Å²) in [6.07, 6.45) is 2.11. The fourth-order valence-electron chi connectivity index (χ4n) is 2.11. The van der Waals surface area contributed by atoms with Gasteiger partial charge in [0.25, 0.3) is 0 Å². The van der Waals surface area contributed by atoms with Crippen molar-refractivity contribution in [3.05, 3.63) is 51.4 Å². The quantitative estimate of drug-likeness (QED) is 0.777. The number of hydrogen-bond acceptors (Lipinski definition) is 3. The summed E-state index contributed by atoms with van der Waals surface area (Å²) in [5, 5.41) is 6.42. The van der Waals surface area contributed by atoms with E-state index in [2.05, 4.69) is 34.7 Å². The lowest BCUT2D eigenvalue weighted by atomic mass is 9.94. The number of nitrogens with zero attached hydrogens (tertiary/aromatic N) is 1. The number of nitrogens with one attached hydrogen (secondary N) is 1. The largest absolute Gasteiger partial charge is 0.316 e. The number of hydrogen-bond donors (Lipinski definition) is 1. The summed E-state index contributed by atoms with van der Waals surface area (Å²) < 4.78 is 0. The highest BCUT2D eigenvalue weighted by Gasteiger charge is 2.13. The number of benzene rings is 1. The van der Waals surface area contributed by atoms with E-state index in [1.165, 1.54) is 5.56 Å². The van der Waals surface area contributed by atoms with Gasteiger partial charge in [-0.05, 0) is 37.1 Å². The van der Waals surface area contributed by atoms with Crippen LogP contribution in [0.15, 0.2) is 35.2 Å². The van der Waals surface area contributed by atoms with Crippen molar-refractivity contribution in [1.29, 1.82) is 0 Å². The monoisotopic (exact) mass is 294 g/mol. The second-order valence-corrected chi connectivity index (χ2v) is 5.80. The van der Waals surface area contributed by atoms with Crippen molar-refractivity contribution in [2.24, 2.45) is 0 Å². The van der Waals surface area contributed by atoms with E-state index in [9.17, 15) is 0 Å². The van der Waals surface area contributed by atoms with Gasteiger partial charge < -0.3 is 5.32 Å². The van der Waals surface area contributed by atoms with Gasteiger partial charge in [-0.15, -0.1) is 11.3 Å². The molecular formula is C15H19ClN2S. The van der Waals surface area contributed by atoms with E-state index >= 15 is 0 Å². The highest BCUT2D eigenvalue weighted by atomic mass is 35.5. The Bertz CT molecular complexity index is 485. The number of thiazole rings is 1. The van der Waals surface area contributed by atoms with E-state index in [1.54, 1.807) is 11.3 Å². The highest BCUT2D eigenvalue weighted by Crippen LogP contribution is 2.23. The van der Waals surface area contributed by atoms with Crippen molar-refractivity contribution in [1.82, 2.24) is 10.3 Å². The second kappa shape index (κ2) is 7.63. The molecule has 0 saturated carbocycles. The zero-order valence-corrected chi connectivity index (χ0v) is 12.7. The topological polar surface area (TPSA) is 24.9 Å². The summed E-state index contributed by atoms with van der Waals surface area (Å²) in [6, 6.07) is 8.15. The van der Waals surface area contributed by atoms with Crippen LogP contribution in [0.2, 0.25) is 5.02 Å². The lowest BCUT2D eigenvalue weighted by molar-refractivity contribution is 0.573. The van der Waals surface area contributed by atoms with E-state index in [0.29, 0.717) is 5.92 Å². The smallest absolute Gasteiger partial charge is 0.0794 e. The molecule has 1 aromatic carbocycles. The molecule has 0 amide bonds. The van der Waals surface area contributed by atoms with Crippen LogP contribution in [-0.2, 0) is 6.42 Å². The van der Waals surface area contributed by atoms with Gasteiger partial charge in [0.2, 0.25) is 0 Å². The maximum absolute atomic E-state index is 6.10. The van der Waals surface area contributed by atoms with Crippen molar-refractivity contribution < 1.29 is 0 Å². The summed E-state index contributed by atoms with van der Waals surface area (Å²) in [5.41, 5.74) is 4.33. The summed E-state index contributed by atoms with van der Waals surface area (Å²) in [6.45, 7) is 4.20. The molecule has 1 unspecified atom stereocenters. The normalized spacial score (nSPS) is 12.5. The zero-order valence-electron chi connectivity index (χ0n) is 11.1. The van der Waals surface area contributed by atoms with Crippen LogP contribution in [0.5, 0.6) is 0 Å². The summed E-state index contributed by atoms with van der Waals surface area (Å²) in [7, 11) is 0. The minimum Gasteiger partial charge on any atom is -0.316 e. The van der Waals surface area contributed by atoms with Gasteiger partial charge >= 0.3 is 0 Å². The molecule has 2 nitrogen and oxygen atoms in total. The third-order valence-corrected chi connectivity index (χ3v) is 3.95. The van der Waals surface area contributed by atoms with Crippen molar-refractivity contribution >= 4 is 22.9 Å². The summed E-state index contributed by atoms with van der Waals surface area (Å²) in [5.74, 6) is 0.423. The van der Waals surface area contributed by atoms with E-state index in [4.69, 9.17) is 11.6 Å². The van der Waals surface area contributed by atoms with Crippen molar-refractivity contribution in [2.75, 3.05) is 13.1 Å². The van der Waals surface area contributed by atoms with Crippen LogP contribution in [-0.4, -0.2) is 18.1 Å². The Kier molecular flexibility index (Phi) is 5.83. The van der Waals surface area contributed by atoms with Gasteiger partial charge in [0.15, 0.2) is 0 Å². The lowest BCUT2D eigenvalue weighted by Gasteiger charge is -2.17. The molecule has 0 bridgehead atoms. The first-order valence-corrected chi connectivity index (χ1v) is 7.95. The number of aromatic nitrogens is 1. The van der Waals surface area contributed by atoms with E-state index in [-0.39, 0.29) is 0 Å². The average Bonchev–Trinajstić information content (AvgIpc) is 2.91.